The van der Waals surface area contributed by atoms with E-state index in [1.165, 1.54) is 12.1 Å². The molecule has 1 atom stereocenters. The van der Waals surface area contributed by atoms with E-state index in [9.17, 15) is 18.0 Å². The number of carbonyl (C=O) groups is 2. The lowest BCUT2D eigenvalue weighted by molar-refractivity contribution is -0.122. The lowest BCUT2D eigenvalue weighted by Gasteiger charge is -2.30. The van der Waals surface area contributed by atoms with E-state index in [1.54, 1.807) is 17.0 Å². The molecule has 0 radical (unpaired) electrons. The quantitative estimate of drug-likeness (QED) is 0.770. The fourth-order valence-corrected chi connectivity index (χ4v) is 4.68. The monoisotopic (exact) mass is 375 g/mol. The maximum absolute atomic E-state index is 12.8. The number of piperazine rings is 1. The van der Waals surface area contributed by atoms with Crippen molar-refractivity contribution in [2.75, 3.05) is 32.7 Å². The topological polar surface area (TPSA) is 86.8 Å². The Morgan fingerprint density at radius 3 is 2.85 bits per heavy atom. The van der Waals surface area contributed by atoms with Crippen LogP contribution in [0.3, 0.4) is 0 Å². The first-order chi connectivity index (χ1) is 12.4. The van der Waals surface area contributed by atoms with Gasteiger partial charge in [-0.1, -0.05) is 6.07 Å². The second-order valence-corrected chi connectivity index (χ2v) is 8.41. The highest BCUT2D eigenvalue weighted by Gasteiger charge is 2.30. The van der Waals surface area contributed by atoms with Crippen LogP contribution < -0.4 is 5.32 Å². The van der Waals surface area contributed by atoms with Crippen molar-refractivity contribution in [2.24, 2.45) is 5.92 Å². The first kappa shape index (κ1) is 18.4. The van der Waals surface area contributed by atoms with Gasteiger partial charge in [-0.25, -0.2) is 8.42 Å². The van der Waals surface area contributed by atoms with Crippen LogP contribution in [-0.4, -0.2) is 62.2 Å². The van der Waals surface area contributed by atoms with Crippen molar-refractivity contribution in [3.8, 4) is 12.3 Å². The zero-order chi connectivity index (χ0) is 18.7. The van der Waals surface area contributed by atoms with E-state index in [4.69, 9.17) is 6.42 Å². The van der Waals surface area contributed by atoms with Crippen molar-refractivity contribution in [1.29, 1.82) is 0 Å². The van der Waals surface area contributed by atoms with Crippen molar-refractivity contribution < 1.29 is 18.0 Å². The highest BCUT2D eigenvalue weighted by Crippen LogP contribution is 2.21. The molecule has 0 spiro atoms. The van der Waals surface area contributed by atoms with Gasteiger partial charge in [-0.15, -0.1) is 12.3 Å². The second kappa shape index (κ2) is 7.48. The molecule has 2 fully saturated rings. The predicted molar refractivity (Wildman–Crippen MR) is 95.7 cm³/mol. The number of benzene rings is 1. The molecule has 2 amide bonds. The summed E-state index contributed by atoms with van der Waals surface area (Å²) in [5.41, 5.74) is 0.310. The van der Waals surface area contributed by atoms with Crippen LogP contribution in [0.2, 0.25) is 0 Å². The second-order valence-electron chi connectivity index (χ2n) is 6.47. The molecule has 2 aliphatic rings. The molecule has 0 aromatic heterocycles. The van der Waals surface area contributed by atoms with Gasteiger partial charge in [0.2, 0.25) is 15.9 Å². The number of nitrogens with zero attached hydrogens (tertiary/aromatic N) is 2. The van der Waals surface area contributed by atoms with E-state index >= 15 is 0 Å². The molecular weight excluding hydrogens is 354 g/mol. The SMILES string of the molecule is C#CC1CCCN(C(=O)c2cccc(S(=O)(=O)N3CCNC(=O)C3)c2)C1. The Morgan fingerprint density at radius 2 is 2.12 bits per heavy atom. The zero-order valence-corrected chi connectivity index (χ0v) is 15.2. The Hall–Kier alpha value is -2.37. The first-order valence-electron chi connectivity index (χ1n) is 8.54. The number of piperidine rings is 1. The Labute approximate surface area is 153 Å². The molecule has 2 aliphatic heterocycles. The van der Waals surface area contributed by atoms with E-state index in [0.717, 1.165) is 17.1 Å². The highest BCUT2D eigenvalue weighted by molar-refractivity contribution is 7.89. The average molecular weight is 375 g/mol. The average Bonchev–Trinajstić information content (AvgIpc) is 2.67. The lowest BCUT2D eigenvalue weighted by atomic mass is 9.98. The number of hydrogen-bond donors (Lipinski definition) is 1. The Balaban J connectivity index is 1.82. The Morgan fingerprint density at radius 1 is 1.31 bits per heavy atom. The van der Waals surface area contributed by atoms with Crippen molar-refractivity contribution >= 4 is 21.8 Å². The molecule has 1 unspecified atom stereocenters. The summed E-state index contributed by atoms with van der Waals surface area (Å²) >= 11 is 0. The minimum atomic E-state index is -3.83. The minimum Gasteiger partial charge on any atom is -0.354 e. The molecule has 1 aromatic carbocycles. The van der Waals surface area contributed by atoms with Gasteiger partial charge in [-0.3, -0.25) is 9.59 Å². The van der Waals surface area contributed by atoms with Crippen LogP contribution in [0.25, 0.3) is 0 Å². The molecule has 1 N–H and O–H groups in total. The van der Waals surface area contributed by atoms with E-state index in [2.05, 4.69) is 11.2 Å². The third-order valence-electron chi connectivity index (χ3n) is 4.67. The molecule has 0 saturated carbocycles. The fourth-order valence-electron chi connectivity index (χ4n) is 3.24. The smallest absolute Gasteiger partial charge is 0.253 e. The summed E-state index contributed by atoms with van der Waals surface area (Å²) in [5, 5.41) is 2.60. The normalized spacial score (nSPS) is 21.7. The van der Waals surface area contributed by atoms with E-state index in [1.807, 2.05) is 0 Å². The predicted octanol–water partition coefficient (Wildman–Crippen LogP) is 0.293. The standard InChI is InChI=1S/C18H21N3O4S/c1-2-14-5-4-9-20(12-14)18(23)15-6-3-7-16(11-15)26(24,25)21-10-8-19-17(22)13-21/h1,3,6-7,11,14H,4-5,8-10,12-13H2,(H,19,22). The van der Waals surface area contributed by atoms with Gasteiger partial charge in [-0.2, -0.15) is 4.31 Å². The summed E-state index contributed by atoms with van der Waals surface area (Å²) in [6, 6.07) is 5.97. The van der Waals surface area contributed by atoms with E-state index in [0.29, 0.717) is 18.7 Å². The largest absolute Gasteiger partial charge is 0.354 e. The van der Waals surface area contributed by atoms with E-state index in [-0.39, 0.29) is 42.3 Å². The molecule has 2 heterocycles. The molecule has 0 aliphatic carbocycles. The number of hydrogen-bond acceptors (Lipinski definition) is 4. The lowest BCUT2D eigenvalue weighted by Crippen LogP contribution is -2.49. The van der Waals surface area contributed by atoms with Gasteiger partial charge in [0.25, 0.3) is 5.91 Å². The summed E-state index contributed by atoms with van der Waals surface area (Å²) < 4.78 is 26.7. The van der Waals surface area contributed by atoms with Crippen LogP contribution in [0.1, 0.15) is 23.2 Å². The van der Waals surface area contributed by atoms with Crippen LogP contribution in [-0.2, 0) is 14.8 Å². The molecule has 3 rings (SSSR count). The summed E-state index contributed by atoms with van der Waals surface area (Å²) in [6.07, 6.45) is 7.20. The maximum Gasteiger partial charge on any atom is 0.253 e. The van der Waals surface area contributed by atoms with Gasteiger partial charge in [-0.05, 0) is 31.0 Å². The van der Waals surface area contributed by atoms with Crippen LogP contribution in [0.5, 0.6) is 0 Å². The summed E-state index contributed by atoms with van der Waals surface area (Å²) in [5.74, 6) is 2.17. The molecule has 138 valence electrons. The number of sulfonamides is 1. The summed E-state index contributed by atoms with van der Waals surface area (Å²) in [6.45, 7) is 1.37. The van der Waals surface area contributed by atoms with Gasteiger partial charge in [0.1, 0.15) is 0 Å². The molecule has 8 heteroatoms. The highest BCUT2D eigenvalue weighted by atomic mass is 32.2. The zero-order valence-electron chi connectivity index (χ0n) is 14.3. The third kappa shape index (κ3) is 3.74. The summed E-state index contributed by atoms with van der Waals surface area (Å²) in [4.78, 5) is 25.9. The molecule has 7 nitrogen and oxygen atoms in total. The Kier molecular flexibility index (Phi) is 5.30. The number of terminal acetylenes is 1. The van der Waals surface area contributed by atoms with Crippen molar-refractivity contribution in [3.05, 3.63) is 29.8 Å². The number of carbonyl (C=O) groups excluding carboxylic acids is 2. The van der Waals surface area contributed by atoms with Gasteiger partial charge in [0, 0.05) is 37.7 Å². The van der Waals surface area contributed by atoms with Crippen molar-refractivity contribution in [3.63, 3.8) is 0 Å². The number of amides is 2. The van der Waals surface area contributed by atoms with Crippen molar-refractivity contribution in [1.82, 2.24) is 14.5 Å². The Bertz CT molecular complexity index is 859. The van der Waals surface area contributed by atoms with Crippen LogP contribution in [0.15, 0.2) is 29.2 Å². The van der Waals surface area contributed by atoms with Gasteiger partial charge in [0.15, 0.2) is 0 Å². The maximum atomic E-state index is 12.8. The molecule has 2 saturated heterocycles. The van der Waals surface area contributed by atoms with Gasteiger partial charge in [0.05, 0.1) is 11.4 Å². The summed E-state index contributed by atoms with van der Waals surface area (Å²) in [7, 11) is -3.83. The molecule has 0 bridgehead atoms. The van der Waals surface area contributed by atoms with E-state index < -0.39 is 10.0 Å². The van der Waals surface area contributed by atoms with Gasteiger partial charge < -0.3 is 10.2 Å². The molecule has 1 aromatic rings. The van der Waals surface area contributed by atoms with Crippen LogP contribution >= 0.6 is 0 Å². The van der Waals surface area contributed by atoms with Crippen LogP contribution in [0, 0.1) is 18.3 Å². The van der Waals surface area contributed by atoms with Gasteiger partial charge >= 0.3 is 0 Å². The molecule has 26 heavy (non-hydrogen) atoms. The fraction of sp³-hybridized carbons (Fsp3) is 0.444. The number of likely N-dealkylation sites (tertiary alicyclic amines) is 1. The molecular formula is C18H21N3O4S. The number of nitrogens with one attached hydrogen (secondary N) is 1. The van der Waals surface area contributed by atoms with Crippen molar-refractivity contribution in [2.45, 2.75) is 17.7 Å². The third-order valence-corrected chi connectivity index (χ3v) is 6.51. The number of rotatable bonds is 3. The minimum absolute atomic E-state index is 0.0172. The first-order valence-corrected chi connectivity index (χ1v) is 9.98. The van der Waals surface area contributed by atoms with Crippen LogP contribution in [0.4, 0.5) is 0 Å².